The van der Waals surface area contributed by atoms with Crippen LogP contribution in [-0.4, -0.2) is 38.1 Å². The van der Waals surface area contributed by atoms with E-state index in [4.69, 9.17) is 16.3 Å². The monoisotopic (exact) mass is 344 g/mol. The van der Waals surface area contributed by atoms with Gasteiger partial charge in [0.2, 0.25) is 5.28 Å². The molecule has 0 bridgehead atoms. The summed E-state index contributed by atoms with van der Waals surface area (Å²) < 4.78 is 7.10. The zero-order valence-corrected chi connectivity index (χ0v) is 13.7. The third kappa shape index (κ3) is 3.04. The van der Waals surface area contributed by atoms with E-state index in [-0.39, 0.29) is 16.7 Å². The number of nitrogens with one attached hydrogen (secondary N) is 1. The van der Waals surface area contributed by atoms with Crippen LogP contribution in [0.4, 0.5) is 11.5 Å². The maximum Gasteiger partial charge on any atom is 0.224 e. The highest BCUT2D eigenvalue weighted by Crippen LogP contribution is 2.36. The number of halogens is 1. The number of methoxy groups -OCH3 is 1. The first-order valence-electron chi connectivity index (χ1n) is 6.90. The van der Waals surface area contributed by atoms with Gasteiger partial charge in [0.05, 0.1) is 23.9 Å². The zero-order chi connectivity index (χ0) is 17.1. The van der Waals surface area contributed by atoms with Crippen molar-refractivity contribution in [2.24, 2.45) is 7.05 Å². The number of aromatic nitrogens is 5. The number of hydrogen-bond donors (Lipinski definition) is 1. The lowest BCUT2D eigenvalue weighted by molar-refractivity contribution is 0.112. The molecule has 0 aliphatic carbocycles. The van der Waals surface area contributed by atoms with Gasteiger partial charge in [-0.25, -0.2) is 9.97 Å². The van der Waals surface area contributed by atoms with E-state index in [9.17, 15) is 4.79 Å². The Kier molecular flexibility index (Phi) is 4.39. The molecule has 9 heteroatoms. The van der Waals surface area contributed by atoms with Crippen LogP contribution >= 0.6 is 11.6 Å². The maximum atomic E-state index is 11.2. The summed E-state index contributed by atoms with van der Waals surface area (Å²) in [5.41, 5.74) is 1.58. The van der Waals surface area contributed by atoms with E-state index in [1.807, 2.05) is 12.1 Å². The lowest BCUT2D eigenvalue weighted by Crippen LogP contribution is -2.03. The molecule has 1 N–H and O–H groups in total. The van der Waals surface area contributed by atoms with Crippen molar-refractivity contribution in [3.05, 3.63) is 41.6 Å². The largest absolute Gasteiger partial charge is 0.494 e. The predicted octanol–water partition coefficient (Wildman–Crippen LogP) is 2.49. The van der Waals surface area contributed by atoms with Gasteiger partial charge in [-0.2, -0.15) is 10.1 Å². The summed E-state index contributed by atoms with van der Waals surface area (Å²) in [6.07, 6.45) is 3.60. The fourth-order valence-corrected chi connectivity index (χ4v) is 2.31. The smallest absolute Gasteiger partial charge is 0.224 e. The van der Waals surface area contributed by atoms with Crippen LogP contribution in [0.1, 0.15) is 10.4 Å². The Labute approximate surface area is 142 Å². The quantitative estimate of drug-likeness (QED) is 0.561. The first kappa shape index (κ1) is 15.9. The Bertz CT molecular complexity index is 895. The Hall–Kier alpha value is -3.00. The maximum absolute atomic E-state index is 11.2. The van der Waals surface area contributed by atoms with Crippen LogP contribution in [0.5, 0.6) is 5.75 Å². The summed E-state index contributed by atoms with van der Waals surface area (Å²) in [4.78, 5) is 23.2. The molecule has 0 fully saturated rings. The van der Waals surface area contributed by atoms with Crippen molar-refractivity contribution in [1.29, 1.82) is 0 Å². The Morgan fingerprint density at radius 3 is 2.83 bits per heavy atom. The van der Waals surface area contributed by atoms with Gasteiger partial charge >= 0.3 is 0 Å². The lowest BCUT2D eigenvalue weighted by Gasteiger charge is -2.14. The number of carbonyl (C=O) groups is 1. The number of hydrogen-bond acceptors (Lipinski definition) is 7. The molecule has 0 amide bonds. The summed E-state index contributed by atoms with van der Waals surface area (Å²) in [6.45, 7) is 0. The molecule has 0 spiro atoms. The third-order valence-corrected chi connectivity index (χ3v) is 3.41. The summed E-state index contributed by atoms with van der Waals surface area (Å²) in [7, 11) is 3.32. The van der Waals surface area contributed by atoms with E-state index >= 15 is 0 Å². The second-order valence-electron chi connectivity index (χ2n) is 4.81. The van der Waals surface area contributed by atoms with Gasteiger partial charge in [-0.05, 0) is 23.7 Å². The molecule has 0 aliphatic heterocycles. The molecule has 1 aromatic carbocycles. The van der Waals surface area contributed by atoms with Crippen LogP contribution in [0.2, 0.25) is 5.28 Å². The molecule has 0 atom stereocenters. The van der Waals surface area contributed by atoms with Crippen LogP contribution < -0.4 is 10.1 Å². The van der Waals surface area contributed by atoms with Gasteiger partial charge in [0.15, 0.2) is 17.9 Å². The highest BCUT2D eigenvalue weighted by atomic mass is 35.5. The predicted molar refractivity (Wildman–Crippen MR) is 88.7 cm³/mol. The number of benzene rings is 1. The van der Waals surface area contributed by atoms with Crippen LogP contribution in [0.25, 0.3) is 11.4 Å². The van der Waals surface area contributed by atoms with Gasteiger partial charge in [-0.1, -0.05) is 6.07 Å². The molecule has 0 unspecified atom stereocenters. The van der Waals surface area contributed by atoms with E-state index in [0.29, 0.717) is 29.1 Å². The van der Waals surface area contributed by atoms with Crippen molar-refractivity contribution in [2.45, 2.75) is 0 Å². The fourth-order valence-electron chi connectivity index (χ4n) is 2.18. The van der Waals surface area contributed by atoms with Crippen LogP contribution in [0.3, 0.4) is 0 Å². The minimum absolute atomic E-state index is 0.0321. The van der Waals surface area contributed by atoms with E-state index in [2.05, 4.69) is 25.4 Å². The van der Waals surface area contributed by atoms with Crippen LogP contribution in [0, 0.1) is 0 Å². The summed E-state index contributed by atoms with van der Waals surface area (Å²) in [5, 5.41) is 7.36. The van der Waals surface area contributed by atoms with Gasteiger partial charge < -0.3 is 10.1 Å². The van der Waals surface area contributed by atoms with Crippen molar-refractivity contribution in [2.75, 3.05) is 12.4 Å². The molecular weight excluding hydrogens is 332 g/mol. The number of carbonyl (C=O) groups excluding carboxylic acids is 1. The van der Waals surface area contributed by atoms with Crippen molar-refractivity contribution in [3.8, 4) is 17.1 Å². The zero-order valence-electron chi connectivity index (χ0n) is 12.9. The van der Waals surface area contributed by atoms with Crippen molar-refractivity contribution in [1.82, 2.24) is 24.7 Å². The SMILES string of the molecule is COc1c(Nc2nc(Cl)ncc2C=O)cccc1-c1ncn(C)n1. The molecule has 3 rings (SSSR count). The van der Waals surface area contributed by atoms with Crippen LogP contribution in [-0.2, 0) is 7.05 Å². The number of anilines is 2. The third-order valence-electron chi connectivity index (χ3n) is 3.23. The Balaban J connectivity index is 2.06. The number of para-hydroxylation sites is 1. The van der Waals surface area contributed by atoms with Gasteiger partial charge in [-0.15, -0.1) is 0 Å². The standard InChI is InChI=1S/C15H13ClN6O2/c1-22-8-18-14(21-22)10-4-3-5-11(12(10)24-2)19-13-9(7-23)6-17-15(16)20-13/h3-8H,1-2H3,(H,17,19,20). The molecule has 122 valence electrons. The molecular formula is C15H13ClN6O2. The molecule has 8 nitrogen and oxygen atoms in total. The molecule has 0 radical (unpaired) electrons. The highest BCUT2D eigenvalue weighted by Gasteiger charge is 2.16. The fraction of sp³-hybridized carbons (Fsp3) is 0.133. The normalized spacial score (nSPS) is 10.5. The number of aldehydes is 1. The second kappa shape index (κ2) is 6.63. The number of rotatable bonds is 5. The minimum Gasteiger partial charge on any atom is -0.494 e. The van der Waals surface area contributed by atoms with E-state index in [1.54, 1.807) is 31.2 Å². The van der Waals surface area contributed by atoms with Gasteiger partial charge in [0.25, 0.3) is 0 Å². The first-order chi connectivity index (χ1) is 11.6. The number of nitrogens with zero attached hydrogens (tertiary/aromatic N) is 5. The topological polar surface area (TPSA) is 94.8 Å². The van der Waals surface area contributed by atoms with E-state index < -0.39 is 0 Å². The van der Waals surface area contributed by atoms with Crippen molar-refractivity contribution < 1.29 is 9.53 Å². The lowest BCUT2D eigenvalue weighted by atomic mass is 10.1. The van der Waals surface area contributed by atoms with Gasteiger partial charge in [0, 0.05) is 13.2 Å². The molecule has 0 aliphatic rings. The molecule has 24 heavy (non-hydrogen) atoms. The van der Waals surface area contributed by atoms with Gasteiger partial charge in [-0.3, -0.25) is 9.48 Å². The van der Waals surface area contributed by atoms with Crippen molar-refractivity contribution >= 4 is 29.4 Å². The number of ether oxygens (including phenoxy) is 1. The first-order valence-corrected chi connectivity index (χ1v) is 7.28. The van der Waals surface area contributed by atoms with E-state index in [1.165, 1.54) is 6.20 Å². The molecule has 3 aromatic rings. The highest BCUT2D eigenvalue weighted by molar-refractivity contribution is 6.28. The minimum atomic E-state index is 0.0321. The molecule has 2 aromatic heterocycles. The summed E-state index contributed by atoms with van der Waals surface area (Å²) >= 11 is 5.81. The van der Waals surface area contributed by atoms with Gasteiger partial charge in [0.1, 0.15) is 12.1 Å². The van der Waals surface area contributed by atoms with E-state index in [0.717, 1.165) is 0 Å². The molecule has 2 heterocycles. The summed E-state index contributed by atoms with van der Waals surface area (Å²) in [6, 6.07) is 5.45. The average Bonchev–Trinajstić information content (AvgIpc) is 3.01. The van der Waals surface area contributed by atoms with Crippen LogP contribution in [0.15, 0.2) is 30.7 Å². The average molecular weight is 345 g/mol. The Morgan fingerprint density at radius 2 is 2.17 bits per heavy atom. The number of aryl methyl sites for hydroxylation is 1. The second-order valence-corrected chi connectivity index (χ2v) is 5.15. The Morgan fingerprint density at radius 1 is 1.33 bits per heavy atom. The molecule has 0 saturated heterocycles. The summed E-state index contributed by atoms with van der Waals surface area (Å²) in [5.74, 6) is 1.33. The molecule has 0 saturated carbocycles. The van der Waals surface area contributed by atoms with Crippen molar-refractivity contribution in [3.63, 3.8) is 0 Å².